The maximum atomic E-state index is 12.2. The van der Waals surface area contributed by atoms with Gasteiger partial charge in [0.2, 0.25) is 0 Å². The predicted octanol–water partition coefficient (Wildman–Crippen LogP) is 1.75. The molecule has 0 saturated carbocycles. The van der Waals surface area contributed by atoms with Gasteiger partial charge in [0.05, 0.1) is 5.56 Å². The van der Waals surface area contributed by atoms with Crippen LogP contribution in [0.1, 0.15) is 35.2 Å². The average molecular weight is 275 g/mol. The highest BCUT2D eigenvalue weighted by Crippen LogP contribution is 2.30. The van der Waals surface area contributed by atoms with E-state index in [-0.39, 0.29) is 18.1 Å². The highest BCUT2D eigenvalue weighted by atomic mass is 16.6. The third kappa shape index (κ3) is 2.58. The lowest BCUT2D eigenvalue weighted by atomic mass is 10.00. The van der Waals surface area contributed by atoms with Crippen LogP contribution in [0.15, 0.2) is 24.3 Å². The molecule has 2 fully saturated rings. The zero-order chi connectivity index (χ0) is 14.1. The van der Waals surface area contributed by atoms with Crippen LogP contribution in [0.25, 0.3) is 0 Å². The van der Waals surface area contributed by atoms with Gasteiger partial charge in [0.15, 0.2) is 0 Å². The Kier molecular flexibility index (Phi) is 3.76. The molecule has 4 heteroatoms. The van der Waals surface area contributed by atoms with E-state index in [1.807, 2.05) is 19.1 Å². The quantitative estimate of drug-likeness (QED) is 0.835. The molecule has 0 spiro atoms. The SMILES string of the molecule is Cc1ccc(C(=O)O[C@H]2[C@H](O)CN3CCCC[C@@H]23)cc1. The molecule has 2 heterocycles. The Bertz CT molecular complexity index is 485. The minimum Gasteiger partial charge on any atom is -0.454 e. The first-order valence-electron chi connectivity index (χ1n) is 7.35. The molecule has 0 amide bonds. The number of esters is 1. The Morgan fingerprint density at radius 2 is 2.05 bits per heavy atom. The van der Waals surface area contributed by atoms with Crippen molar-refractivity contribution >= 4 is 5.97 Å². The second-order valence-electron chi connectivity index (χ2n) is 5.86. The summed E-state index contributed by atoms with van der Waals surface area (Å²) in [7, 11) is 0. The Morgan fingerprint density at radius 1 is 1.30 bits per heavy atom. The van der Waals surface area contributed by atoms with Crippen molar-refractivity contribution in [3.63, 3.8) is 0 Å². The van der Waals surface area contributed by atoms with Crippen LogP contribution in [0.3, 0.4) is 0 Å². The van der Waals surface area contributed by atoms with Gasteiger partial charge in [-0.3, -0.25) is 4.90 Å². The highest BCUT2D eigenvalue weighted by molar-refractivity contribution is 5.89. The molecule has 2 aliphatic rings. The summed E-state index contributed by atoms with van der Waals surface area (Å²) in [6.45, 7) is 3.60. The maximum Gasteiger partial charge on any atom is 0.338 e. The number of hydrogen-bond acceptors (Lipinski definition) is 4. The van der Waals surface area contributed by atoms with Crippen LogP contribution in [0.2, 0.25) is 0 Å². The van der Waals surface area contributed by atoms with Crippen LogP contribution >= 0.6 is 0 Å². The largest absolute Gasteiger partial charge is 0.454 e. The van der Waals surface area contributed by atoms with Crippen LogP contribution in [0.5, 0.6) is 0 Å². The summed E-state index contributed by atoms with van der Waals surface area (Å²) in [6.07, 6.45) is 2.37. The lowest BCUT2D eigenvalue weighted by Gasteiger charge is -2.31. The van der Waals surface area contributed by atoms with Gasteiger partial charge in [0, 0.05) is 12.6 Å². The third-order valence-electron chi connectivity index (χ3n) is 4.37. The van der Waals surface area contributed by atoms with Crippen molar-refractivity contribution in [2.24, 2.45) is 0 Å². The van der Waals surface area contributed by atoms with Crippen molar-refractivity contribution in [3.8, 4) is 0 Å². The first-order chi connectivity index (χ1) is 9.65. The molecule has 0 bridgehead atoms. The van der Waals surface area contributed by atoms with E-state index in [1.54, 1.807) is 12.1 Å². The van der Waals surface area contributed by atoms with E-state index in [9.17, 15) is 9.90 Å². The summed E-state index contributed by atoms with van der Waals surface area (Å²) in [6, 6.07) is 7.53. The molecule has 1 aromatic rings. The zero-order valence-corrected chi connectivity index (χ0v) is 11.8. The number of fused-ring (bicyclic) bond motifs is 1. The Hall–Kier alpha value is -1.39. The number of hydrogen-bond donors (Lipinski definition) is 1. The normalized spacial score (nSPS) is 30.0. The van der Waals surface area contributed by atoms with Gasteiger partial charge >= 0.3 is 5.97 Å². The van der Waals surface area contributed by atoms with Gasteiger partial charge in [-0.1, -0.05) is 24.1 Å². The molecule has 0 radical (unpaired) electrons. The fourth-order valence-electron chi connectivity index (χ4n) is 3.25. The second-order valence-corrected chi connectivity index (χ2v) is 5.86. The van der Waals surface area contributed by atoms with Gasteiger partial charge in [-0.25, -0.2) is 4.79 Å². The van der Waals surface area contributed by atoms with Gasteiger partial charge in [-0.15, -0.1) is 0 Å². The van der Waals surface area contributed by atoms with E-state index < -0.39 is 6.10 Å². The van der Waals surface area contributed by atoms with Gasteiger partial charge in [0.25, 0.3) is 0 Å². The molecule has 3 rings (SSSR count). The van der Waals surface area contributed by atoms with Crippen LogP contribution in [-0.2, 0) is 4.74 Å². The molecular weight excluding hydrogens is 254 g/mol. The van der Waals surface area contributed by atoms with Crippen molar-refractivity contribution < 1.29 is 14.6 Å². The van der Waals surface area contributed by atoms with E-state index in [2.05, 4.69) is 4.90 Å². The molecular formula is C16H21NO3. The molecule has 1 N–H and O–H groups in total. The molecule has 2 saturated heterocycles. The Labute approximate surface area is 119 Å². The number of ether oxygens (including phenoxy) is 1. The third-order valence-corrected chi connectivity index (χ3v) is 4.37. The first-order valence-corrected chi connectivity index (χ1v) is 7.35. The van der Waals surface area contributed by atoms with E-state index in [4.69, 9.17) is 4.74 Å². The molecule has 1 aromatic carbocycles. The van der Waals surface area contributed by atoms with Crippen LogP contribution in [-0.4, -0.2) is 47.3 Å². The molecule has 0 aromatic heterocycles. The number of nitrogens with zero attached hydrogens (tertiary/aromatic N) is 1. The number of rotatable bonds is 2. The molecule has 0 aliphatic carbocycles. The number of piperidine rings is 1. The minimum atomic E-state index is -0.563. The Balaban J connectivity index is 1.70. The monoisotopic (exact) mass is 275 g/mol. The van der Waals surface area contributed by atoms with Crippen molar-refractivity contribution in [2.75, 3.05) is 13.1 Å². The molecule has 3 atom stereocenters. The van der Waals surface area contributed by atoms with E-state index in [0.29, 0.717) is 12.1 Å². The van der Waals surface area contributed by atoms with Gasteiger partial charge in [-0.05, 0) is 38.4 Å². The van der Waals surface area contributed by atoms with Crippen molar-refractivity contribution in [1.29, 1.82) is 0 Å². The average Bonchev–Trinajstić information content (AvgIpc) is 2.76. The summed E-state index contributed by atoms with van der Waals surface area (Å²) < 4.78 is 5.59. The molecule has 20 heavy (non-hydrogen) atoms. The number of aliphatic hydroxyl groups is 1. The summed E-state index contributed by atoms with van der Waals surface area (Å²) in [4.78, 5) is 14.4. The summed E-state index contributed by atoms with van der Waals surface area (Å²) in [5.74, 6) is -0.332. The summed E-state index contributed by atoms with van der Waals surface area (Å²) >= 11 is 0. The van der Waals surface area contributed by atoms with E-state index in [0.717, 1.165) is 24.9 Å². The molecule has 2 aliphatic heterocycles. The second kappa shape index (κ2) is 5.54. The number of carbonyl (C=O) groups excluding carboxylic acids is 1. The van der Waals surface area contributed by atoms with E-state index >= 15 is 0 Å². The minimum absolute atomic E-state index is 0.188. The number of benzene rings is 1. The number of aryl methyl sites for hydroxylation is 1. The lowest BCUT2D eigenvalue weighted by Crippen LogP contribution is -2.41. The van der Waals surface area contributed by atoms with Gasteiger partial charge < -0.3 is 9.84 Å². The number of carbonyl (C=O) groups is 1. The van der Waals surface area contributed by atoms with Crippen LogP contribution in [0, 0.1) is 6.92 Å². The predicted molar refractivity (Wildman–Crippen MR) is 75.6 cm³/mol. The smallest absolute Gasteiger partial charge is 0.338 e. The molecule has 0 unspecified atom stereocenters. The first kappa shape index (κ1) is 13.6. The van der Waals surface area contributed by atoms with Crippen molar-refractivity contribution in [1.82, 2.24) is 4.90 Å². The molecule has 4 nitrogen and oxygen atoms in total. The maximum absolute atomic E-state index is 12.2. The number of aliphatic hydroxyl groups excluding tert-OH is 1. The highest BCUT2D eigenvalue weighted by Gasteiger charge is 2.44. The molecule has 108 valence electrons. The van der Waals surface area contributed by atoms with Gasteiger partial charge in [-0.2, -0.15) is 0 Å². The topological polar surface area (TPSA) is 49.8 Å². The fraction of sp³-hybridized carbons (Fsp3) is 0.562. The van der Waals surface area contributed by atoms with Crippen molar-refractivity contribution in [2.45, 2.75) is 44.4 Å². The van der Waals surface area contributed by atoms with E-state index in [1.165, 1.54) is 6.42 Å². The lowest BCUT2D eigenvalue weighted by molar-refractivity contribution is -0.0133. The Morgan fingerprint density at radius 3 is 2.80 bits per heavy atom. The summed E-state index contributed by atoms with van der Waals surface area (Å²) in [5, 5.41) is 10.1. The standard InChI is InChI=1S/C16H21NO3/c1-11-5-7-12(8-6-11)16(19)20-15-13-4-2-3-9-17(13)10-14(15)18/h5-8,13-15,18H,2-4,9-10H2,1H3/t13-,14+,15+/m0/s1. The zero-order valence-electron chi connectivity index (χ0n) is 11.8. The van der Waals surface area contributed by atoms with Crippen molar-refractivity contribution in [3.05, 3.63) is 35.4 Å². The van der Waals surface area contributed by atoms with Gasteiger partial charge in [0.1, 0.15) is 12.2 Å². The fourth-order valence-corrected chi connectivity index (χ4v) is 3.25. The van der Waals surface area contributed by atoms with Crippen LogP contribution in [0.4, 0.5) is 0 Å². The van der Waals surface area contributed by atoms with Crippen LogP contribution < -0.4 is 0 Å². The summed E-state index contributed by atoms with van der Waals surface area (Å²) in [5.41, 5.74) is 1.66.